The fourth-order valence-corrected chi connectivity index (χ4v) is 5.60. The van der Waals surface area contributed by atoms with Crippen molar-refractivity contribution in [1.82, 2.24) is 15.3 Å². The van der Waals surface area contributed by atoms with E-state index >= 15 is 0 Å². The lowest BCUT2D eigenvalue weighted by Gasteiger charge is -2.27. The zero-order chi connectivity index (χ0) is 30.9. The Balaban J connectivity index is 1.49. The Morgan fingerprint density at radius 3 is 2.56 bits per heavy atom. The molecular formula is C33H39N3O7. The maximum absolute atomic E-state index is 13.7. The van der Waals surface area contributed by atoms with Gasteiger partial charge < -0.3 is 19.8 Å². The van der Waals surface area contributed by atoms with Crippen LogP contribution >= 0.6 is 0 Å². The summed E-state index contributed by atoms with van der Waals surface area (Å²) >= 11 is 0. The average molecular weight is 590 g/mol. The van der Waals surface area contributed by atoms with Crippen LogP contribution in [0.2, 0.25) is 0 Å². The number of aromatic amines is 1. The maximum atomic E-state index is 13.7. The molecule has 228 valence electrons. The fourth-order valence-electron chi connectivity index (χ4n) is 5.60. The molecule has 4 rings (SSSR count). The number of nitrogens with zero attached hydrogens (tertiary/aromatic N) is 1. The van der Waals surface area contributed by atoms with Gasteiger partial charge in [0.05, 0.1) is 24.4 Å². The molecule has 1 fully saturated rings. The molecule has 1 saturated carbocycles. The molecule has 2 heterocycles. The van der Waals surface area contributed by atoms with Crippen molar-refractivity contribution in [1.29, 1.82) is 0 Å². The number of amides is 1. The second kappa shape index (κ2) is 14.7. The molecule has 0 spiro atoms. The van der Waals surface area contributed by atoms with Gasteiger partial charge in [0.15, 0.2) is 18.2 Å². The molecule has 1 aromatic carbocycles. The fraction of sp³-hybridized carbons (Fsp3) is 0.455. The molecule has 10 heteroatoms. The SMILES string of the molecule is COc1cccc2[nH]c(C(=O)C[C@@H](CC(C)C)C(=O)N[C@@H](C[C@@H]3CCCCC3=O)C(=O)COC(=O)c3ccncc3)cc12. The number of benzene rings is 1. The summed E-state index contributed by atoms with van der Waals surface area (Å²) in [5, 5.41) is 3.60. The third-order valence-electron chi connectivity index (χ3n) is 7.87. The molecule has 10 nitrogen and oxygen atoms in total. The molecule has 0 radical (unpaired) electrons. The number of methoxy groups -OCH3 is 1. The number of carbonyl (C=O) groups excluding carboxylic acids is 5. The normalized spacial score (nSPS) is 16.5. The Kier molecular flexibility index (Phi) is 10.8. The number of carbonyl (C=O) groups is 5. The van der Waals surface area contributed by atoms with Gasteiger partial charge in [-0.2, -0.15) is 0 Å². The van der Waals surface area contributed by atoms with E-state index in [4.69, 9.17) is 9.47 Å². The van der Waals surface area contributed by atoms with E-state index in [0.717, 1.165) is 23.7 Å². The number of nitrogens with one attached hydrogen (secondary N) is 2. The monoisotopic (exact) mass is 589 g/mol. The molecule has 2 aromatic heterocycles. The number of esters is 1. The molecule has 0 unspecified atom stereocenters. The number of H-pyrrole nitrogens is 1. The van der Waals surface area contributed by atoms with Gasteiger partial charge in [-0.05, 0) is 61.9 Å². The predicted molar refractivity (Wildman–Crippen MR) is 160 cm³/mol. The predicted octanol–water partition coefficient (Wildman–Crippen LogP) is 4.87. The summed E-state index contributed by atoms with van der Waals surface area (Å²) in [6, 6.07) is 9.11. The van der Waals surface area contributed by atoms with Crippen LogP contribution in [-0.4, -0.2) is 59.0 Å². The molecule has 1 aliphatic rings. The highest BCUT2D eigenvalue weighted by Gasteiger charge is 2.33. The van der Waals surface area contributed by atoms with Crippen LogP contribution in [0.3, 0.4) is 0 Å². The first-order chi connectivity index (χ1) is 20.7. The van der Waals surface area contributed by atoms with Gasteiger partial charge in [0.25, 0.3) is 0 Å². The molecule has 43 heavy (non-hydrogen) atoms. The molecule has 0 saturated heterocycles. The summed E-state index contributed by atoms with van der Waals surface area (Å²) in [6.07, 6.45) is 6.10. The standard InChI is InChI=1S/C33H39N3O7/c1-20(2)15-23(17-29(38)27-18-24-25(35-27)8-6-10-31(24)42-3)32(40)36-26(16-22-7-4-5-9-28(22)37)30(39)19-43-33(41)21-11-13-34-14-12-21/h6,8,10-14,18,20,22-23,26,35H,4-5,7,9,15-17,19H2,1-3H3,(H,36,40)/t22-,23+,26-/m0/s1. The van der Waals surface area contributed by atoms with Crippen LogP contribution in [-0.2, 0) is 19.1 Å². The lowest BCUT2D eigenvalue weighted by molar-refractivity contribution is -0.133. The summed E-state index contributed by atoms with van der Waals surface area (Å²) in [4.78, 5) is 72.4. The number of aromatic nitrogens is 2. The number of ketones is 3. The third-order valence-corrected chi connectivity index (χ3v) is 7.87. The van der Waals surface area contributed by atoms with Gasteiger partial charge in [-0.3, -0.25) is 24.2 Å². The van der Waals surface area contributed by atoms with Crippen molar-refractivity contribution in [2.45, 2.75) is 64.8 Å². The van der Waals surface area contributed by atoms with Crippen molar-refractivity contribution in [3.8, 4) is 5.75 Å². The van der Waals surface area contributed by atoms with Crippen molar-refractivity contribution in [2.24, 2.45) is 17.8 Å². The Morgan fingerprint density at radius 1 is 1.09 bits per heavy atom. The Morgan fingerprint density at radius 2 is 1.86 bits per heavy atom. The molecule has 3 aromatic rings. The highest BCUT2D eigenvalue weighted by molar-refractivity contribution is 6.03. The lowest BCUT2D eigenvalue weighted by Crippen LogP contribution is -2.47. The van der Waals surface area contributed by atoms with Gasteiger partial charge in [0, 0.05) is 48.0 Å². The van der Waals surface area contributed by atoms with Crippen LogP contribution in [0.15, 0.2) is 48.8 Å². The highest BCUT2D eigenvalue weighted by atomic mass is 16.5. The Hall–Kier alpha value is -4.34. The molecule has 2 N–H and O–H groups in total. The summed E-state index contributed by atoms with van der Waals surface area (Å²) in [6.45, 7) is 3.36. The molecule has 0 bridgehead atoms. The van der Waals surface area contributed by atoms with Crippen molar-refractivity contribution in [3.63, 3.8) is 0 Å². The molecule has 3 atom stereocenters. The first-order valence-corrected chi connectivity index (χ1v) is 14.8. The van der Waals surface area contributed by atoms with Gasteiger partial charge in [0.2, 0.25) is 5.91 Å². The van der Waals surface area contributed by atoms with E-state index in [1.165, 1.54) is 24.5 Å². The second-order valence-corrected chi connectivity index (χ2v) is 11.5. The van der Waals surface area contributed by atoms with Crippen LogP contribution in [0.25, 0.3) is 10.9 Å². The highest BCUT2D eigenvalue weighted by Crippen LogP contribution is 2.28. The smallest absolute Gasteiger partial charge is 0.338 e. The van der Waals surface area contributed by atoms with E-state index in [1.807, 2.05) is 32.0 Å². The van der Waals surface area contributed by atoms with Crippen LogP contribution in [0.5, 0.6) is 5.75 Å². The molecular weight excluding hydrogens is 550 g/mol. The van der Waals surface area contributed by atoms with Crippen LogP contribution in [0.1, 0.15) is 79.6 Å². The van der Waals surface area contributed by atoms with Gasteiger partial charge >= 0.3 is 5.97 Å². The Bertz CT molecular complexity index is 1460. The summed E-state index contributed by atoms with van der Waals surface area (Å²) < 4.78 is 10.6. The van der Waals surface area contributed by atoms with Crippen molar-refractivity contribution >= 4 is 40.1 Å². The number of fused-ring (bicyclic) bond motifs is 1. The number of hydrogen-bond donors (Lipinski definition) is 2. The van der Waals surface area contributed by atoms with Gasteiger partial charge in [0.1, 0.15) is 11.5 Å². The lowest BCUT2D eigenvalue weighted by atomic mass is 9.82. The minimum absolute atomic E-state index is 0.0650. The number of rotatable bonds is 14. The van der Waals surface area contributed by atoms with Gasteiger partial charge in [-0.15, -0.1) is 0 Å². The molecule has 0 aliphatic heterocycles. The minimum Gasteiger partial charge on any atom is -0.496 e. The zero-order valence-electron chi connectivity index (χ0n) is 24.9. The van der Waals surface area contributed by atoms with Crippen LogP contribution < -0.4 is 10.1 Å². The first-order valence-electron chi connectivity index (χ1n) is 14.8. The van der Waals surface area contributed by atoms with E-state index in [1.54, 1.807) is 13.2 Å². The van der Waals surface area contributed by atoms with E-state index in [2.05, 4.69) is 15.3 Å². The molecule has 1 amide bonds. The largest absolute Gasteiger partial charge is 0.496 e. The number of Topliss-reactive ketones (excluding diaryl/α,β-unsaturated/α-hetero) is 3. The number of ether oxygens (including phenoxy) is 2. The first kappa shape index (κ1) is 31.6. The van der Waals surface area contributed by atoms with Crippen molar-refractivity contribution < 1.29 is 33.4 Å². The third kappa shape index (κ3) is 8.37. The second-order valence-electron chi connectivity index (χ2n) is 11.5. The molecule has 1 aliphatic carbocycles. The number of hydrogen-bond acceptors (Lipinski definition) is 8. The van der Waals surface area contributed by atoms with E-state index < -0.39 is 36.2 Å². The zero-order valence-corrected chi connectivity index (χ0v) is 24.9. The van der Waals surface area contributed by atoms with Crippen molar-refractivity contribution in [2.75, 3.05) is 13.7 Å². The number of pyridine rings is 1. The topological polar surface area (TPSA) is 145 Å². The Labute approximate surface area is 250 Å². The van der Waals surface area contributed by atoms with Crippen LogP contribution in [0.4, 0.5) is 0 Å². The maximum Gasteiger partial charge on any atom is 0.338 e. The summed E-state index contributed by atoms with van der Waals surface area (Å²) in [5.74, 6) is -2.17. The summed E-state index contributed by atoms with van der Waals surface area (Å²) in [7, 11) is 1.56. The van der Waals surface area contributed by atoms with E-state index in [-0.39, 0.29) is 41.8 Å². The van der Waals surface area contributed by atoms with Gasteiger partial charge in [-0.25, -0.2) is 4.79 Å². The minimum atomic E-state index is -1.04. The quantitative estimate of drug-likeness (QED) is 0.200. The van der Waals surface area contributed by atoms with Gasteiger partial charge in [-0.1, -0.05) is 26.3 Å². The van der Waals surface area contributed by atoms with E-state index in [0.29, 0.717) is 30.7 Å². The van der Waals surface area contributed by atoms with Crippen molar-refractivity contribution in [3.05, 3.63) is 60.0 Å². The van der Waals surface area contributed by atoms with E-state index in [9.17, 15) is 24.0 Å². The summed E-state index contributed by atoms with van der Waals surface area (Å²) in [5.41, 5.74) is 1.36. The average Bonchev–Trinajstić information content (AvgIpc) is 3.45. The van der Waals surface area contributed by atoms with Crippen LogP contribution in [0, 0.1) is 17.8 Å².